The molecule has 2 rings (SSSR count). The van der Waals surface area contributed by atoms with Gasteiger partial charge in [0.1, 0.15) is 23.7 Å². The smallest absolute Gasteiger partial charge is 0.339 e. The lowest BCUT2D eigenvalue weighted by atomic mass is 10.2. The number of aromatic hydroxyl groups is 1. The van der Waals surface area contributed by atoms with Crippen LogP contribution in [0.2, 0.25) is 0 Å². The molecule has 0 fully saturated rings. The number of rotatable bonds is 4. The number of phenolic OH excluding ortho intramolecular Hbond substituents is 1. The van der Waals surface area contributed by atoms with Gasteiger partial charge in [-0.15, -0.1) is 0 Å². The van der Waals surface area contributed by atoms with E-state index in [2.05, 4.69) is 0 Å². The summed E-state index contributed by atoms with van der Waals surface area (Å²) in [5.41, 5.74) is 0.896. The maximum Gasteiger partial charge on any atom is 0.339 e. The maximum atomic E-state index is 11.0. The first-order valence-electron chi connectivity index (χ1n) is 5.40. The molecule has 0 bridgehead atoms. The lowest BCUT2D eigenvalue weighted by Crippen LogP contribution is -2.03. The van der Waals surface area contributed by atoms with Crippen LogP contribution in [0.4, 0.5) is 0 Å². The van der Waals surface area contributed by atoms with Gasteiger partial charge in [0.25, 0.3) is 0 Å². The predicted octanol–water partition coefficient (Wildman–Crippen LogP) is 2.67. The van der Waals surface area contributed by atoms with E-state index in [1.165, 1.54) is 18.2 Å². The van der Waals surface area contributed by atoms with Crippen molar-refractivity contribution < 1.29 is 19.7 Å². The first-order chi connectivity index (χ1) is 8.66. The van der Waals surface area contributed by atoms with E-state index in [1.54, 1.807) is 0 Å². The third kappa shape index (κ3) is 2.79. The minimum absolute atomic E-state index is 0.0501. The lowest BCUT2D eigenvalue weighted by molar-refractivity contribution is 0.0691. The van der Waals surface area contributed by atoms with E-state index in [-0.39, 0.29) is 23.7 Å². The van der Waals surface area contributed by atoms with E-state index < -0.39 is 5.97 Å². The highest BCUT2D eigenvalue weighted by Crippen LogP contribution is 2.24. The van der Waals surface area contributed by atoms with Crippen molar-refractivity contribution in [1.29, 1.82) is 0 Å². The van der Waals surface area contributed by atoms with E-state index in [9.17, 15) is 9.90 Å². The molecule has 92 valence electrons. The fraction of sp³-hybridized carbons (Fsp3) is 0.0714. The van der Waals surface area contributed by atoms with Crippen molar-refractivity contribution in [2.45, 2.75) is 6.61 Å². The van der Waals surface area contributed by atoms with Gasteiger partial charge in [0.15, 0.2) is 0 Å². The van der Waals surface area contributed by atoms with Gasteiger partial charge < -0.3 is 14.9 Å². The summed E-state index contributed by atoms with van der Waals surface area (Å²) in [6.07, 6.45) is 0. The van der Waals surface area contributed by atoms with Crippen LogP contribution >= 0.6 is 0 Å². The second-order valence-corrected chi connectivity index (χ2v) is 3.76. The Labute approximate surface area is 104 Å². The molecule has 2 aromatic carbocycles. The first kappa shape index (κ1) is 12.0. The van der Waals surface area contributed by atoms with Crippen molar-refractivity contribution in [1.82, 2.24) is 0 Å². The van der Waals surface area contributed by atoms with Crippen LogP contribution in [0.3, 0.4) is 0 Å². The molecule has 18 heavy (non-hydrogen) atoms. The van der Waals surface area contributed by atoms with Crippen molar-refractivity contribution in [2.75, 3.05) is 0 Å². The second kappa shape index (κ2) is 5.23. The highest BCUT2D eigenvalue weighted by Gasteiger charge is 2.12. The Morgan fingerprint density at radius 2 is 1.83 bits per heavy atom. The molecule has 0 spiro atoms. The summed E-state index contributed by atoms with van der Waals surface area (Å²) in [5, 5.41) is 18.2. The minimum atomic E-state index is -1.13. The highest BCUT2D eigenvalue weighted by molar-refractivity contribution is 5.91. The molecule has 0 saturated heterocycles. The van der Waals surface area contributed by atoms with Crippen LogP contribution in [-0.4, -0.2) is 16.2 Å². The molecular formula is C14H12O4. The Morgan fingerprint density at radius 1 is 1.11 bits per heavy atom. The van der Waals surface area contributed by atoms with Gasteiger partial charge in [-0.05, 0) is 23.8 Å². The molecule has 2 N–H and O–H groups in total. The lowest BCUT2D eigenvalue weighted by Gasteiger charge is -2.09. The zero-order valence-electron chi connectivity index (χ0n) is 9.54. The number of carbonyl (C=O) groups is 1. The molecule has 0 aliphatic carbocycles. The van der Waals surface area contributed by atoms with Crippen LogP contribution in [0.25, 0.3) is 0 Å². The molecular weight excluding hydrogens is 232 g/mol. The van der Waals surface area contributed by atoms with Crippen LogP contribution in [-0.2, 0) is 6.61 Å². The van der Waals surface area contributed by atoms with Gasteiger partial charge >= 0.3 is 5.97 Å². The predicted molar refractivity (Wildman–Crippen MR) is 65.8 cm³/mol. The average Bonchev–Trinajstić information content (AvgIpc) is 2.38. The van der Waals surface area contributed by atoms with Crippen LogP contribution < -0.4 is 4.74 Å². The summed E-state index contributed by atoms with van der Waals surface area (Å²) in [6.45, 7) is 0.284. The topological polar surface area (TPSA) is 66.8 Å². The van der Waals surface area contributed by atoms with Crippen LogP contribution in [0.15, 0.2) is 48.5 Å². The van der Waals surface area contributed by atoms with Crippen LogP contribution in [0.1, 0.15) is 15.9 Å². The average molecular weight is 244 g/mol. The molecule has 0 aliphatic heterocycles. The standard InChI is InChI=1S/C14H12O4/c15-11-6-7-13(12(8-11)14(16)17)18-9-10-4-2-1-3-5-10/h1-8,15H,9H2,(H,16,17). The fourth-order valence-corrected chi connectivity index (χ4v) is 1.55. The monoisotopic (exact) mass is 244 g/mol. The number of hydrogen-bond donors (Lipinski definition) is 2. The largest absolute Gasteiger partial charge is 0.508 e. The van der Waals surface area contributed by atoms with Crippen molar-refractivity contribution in [3.05, 3.63) is 59.7 Å². The minimum Gasteiger partial charge on any atom is -0.508 e. The van der Waals surface area contributed by atoms with E-state index in [4.69, 9.17) is 9.84 Å². The maximum absolute atomic E-state index is 11.0. The van der Waals surface area contributed by atoms with E-state index in [0.717, 1.165) is 5.56 Å². The van der Waals surface area contributed by atoms with E-state index in [0.29, 0.717) is 0 Å². The third-order valence-electron chi connectivity index (χ3n) is 2.43. The quantitative estimate of drug-likeness (QED) is 0.867. The highest BCUT2D eigenvalue weighted by atomic mass is 16.5. The molecule has 0 atom stereocenters. The van der Waals surface area contributed by atoms with Gasteiger partial charge in [0, 0.05) is 0 Å². The number of aromatic carboxylic acids is 1. The molecule has 2 aromatic rings. The molecule has 4 heteroatoms. The Kier molecular flexibility index (Phi) is 3.48. The zero-order chi connectivity index (χ0) is 13.0. The normalized spacial score (nSPS) is 10.0. The molecule has 0 unspecified atom stereocenters. The summed E-state index contributed by atoms with van der Waals surface area (Å²) >= 11 is 0. The van der Waals surface area contributed by atoms with E-state index in [1.807, 2.05) is 30.3 Å². The van der Waals surface area contributed by atoms with Gasteiger partial charge in [-0.2, -0.15) is 0 Å². The third-order valence-corrected chi connectivity index (χ3v) is 2.43. The van der Waals surface area contributed by atoms with Gasteiger partial charge in [0.05, 0.1) is 0 Å². The number of carboxylic acids is 1. The summed E-state index contributed by atoms with van der Waals surface area (Å²) in [4.78, 5) is 11.0. The Balaban J connectivity index is 2.17. The summed E-state index contributed by atoms with van der Waals surface area (Å²) in [7, 11) is 0. The van der Waals surface area contributed by atoms with Crippen molar-refractivity contribution in [3.63, 3.8) is 0 Å². The van der Waals surface area contributed by atoms with Crippen molar-refractivity contribution >= 4 is 5.97 Å². The fourth-order valence-electron chi connectivity index (χ4n) is 1.55. The Hall–Kier alpha value is -2.49. The molecule has 0 radical (unpaired) electrons. The van der Waals surface area contributed by atoms with Gasteiger partial charge in [0.2, 0.25) is 0 Å². The number of phenols is 1. The molecule has 0 heterocycles. The SMILES string of the molecule is O=C(O)c1cc(O)ccc1OCc1ccccc1. The molecule has 4 nitrogen and oxygen atoms in total. The number of carboxylic acid groups (broad SMARTS) is 1. The molecule has 0 aromatic heterocycles. The van der Waals surface area contributed by atoms with E-state index >= 15 is 0 Å². The second-order valence-electron chi connectivity index (χ2n) is 3.76. The number of ether oxygens (including phenoxy) is 1. The van der Waals surface area contributed by atoms with Crippen LogP contribution in [0.5, 0.6) is 11.5 Å². The van der Waals surface area contributed by atoms with Gasteiger partial charge in [-0.1, -0.05) is 30.3 Å². The summed E-state index contributed by atoms with van der Waals surface area (Å²) in [5.74, 6) is -0.988. The number of benzene rings is 2. The summed E-state index contributed by atoms with van der Waals surface area (Å²) < 4.78 is 5.45. The first-order valence-corrected chi connectivity index (χ1v) is 5.40. The Morgan fingerprint density at radius 3 is 2.50 bits per heavy atom. The Bertz CT molecular complexity index is 549. The van der Waals surface area contributed by atoms with Crippen LogP contribution in [0, 0.1) is 0 Å². The summed E-state index contributed by atoms with van der Waals surface area (Å²) in [6, 6.07) is 13.5. The zero-order valence-corrected chi connectivity index (χ0v) is 9.54. The molecule has 0 saturated carbocycles. The van der Waals surface area contributed by atoms with Gasteiger partial charge in [-0.3, -0.25) is 0 Å². The molecule has 0 aliphatic rings. The number of hydrogen-bond acceptors (Lipinski definition) is 3. The van der Waals surface area contributed by atoms with Gasteiger partial charge in [-0.25, -0.2) is 4.79 Å². The van der Waals surface area contributed by atoms with Crippen molar-refractivity contribution in [3.8, 4) is 11.5 Å². The van der Waals surface area contributed by atoms with Crippen molar-refractivity contribution in [2.24, 2.45) is 0 Å². The molecule has 0 amide bonds.